The van der Waals surface area contributed by atoms with E-state index in [0.717, 1.165) is 37.1 Å². The molecule has 0 radical (unpaired) electrons. The van der Waals surface area contributed by atoms with Crippen molar-refractivity contribution in [3.8, 4) is 5.75 Å². The van der Waals surface area contributed by atoms with Gasteiger partial charge in [0.05, 0.1) is 0 Å². The number of hydrogen-bond donors (Lipinski definition) is 1. The summed E-state index contributed by atoms with van der Waals surface area (Å²) in [5.41, 5.74) is 0. The van der Waals surface area contributed by atoms with Gasteiger partial charge in [-0.3, -0.25) is 4.79 Å². The highest BCUT2D eigenvalue weighted by Gasteiger charge is 2.24. The van der Waals surface area contributed by atoms with Gasteiger partial charge in [-0.1, -0.05) is 30.3 Å². The average Bonchev–Trinajstić information content (AvgIpc) is 3.20. The van der Waals surface area contributed by atoms with Gasteiger partial charge in [0, 0.05) is 13.1 Å². The Bertz CT molecular complexity index is 928. The number of piperidine rings is 1. The summed E-state index contributed by atoms with van der Waals surface area (Å²) >= 11 is 0. The summed E-state index contributed by atoms with van der Waals surface area (Å²) in [6.45, 7) is 2.19. The monoisotopic (exact) mass is 364 g/mol. The third-order valence-corrected chi connectivity index (χ3v) is 5.15. The highest BCUT2D eigenvalue weighted by atomic mass is 16.5. The molecule has 2 aromatic carbocycles. The standard InChI is InChI=1S/C22H24N2O3/c1-24(18-10-12-23-13-11-18)22(25)21-9-8-20(27-21)15-26-19-7-6-16-4-2-3-5-17(16)14-19/h2-9,14,18,23H,10-13,15H2,1H3. The van der Waals surface area contributed by atoms with Crippen molar-refractivity contribution in [2.45, 2.75) is 25.5 Å². The van der Waals surface area contributed by atoms with Gasteiger partial charge in [0.2, 0.25) is 0 Å². The molecule has 3 aromatic rings. The van der Waals surface area contributed by atoms with Gasteiger partial charge in [0.15, 0.2) is 5.76 Å². The van der Waals surface area contributed by atoms with E-state index in [2.05, 4.69) is 17.4 Å². The van der Waals surface area contributed by atoms with E-state index in [1.54, 1.807) is 11.0 Å². The number of fused-ring (bicyclic) bond motifs is 1. The van der Waals surface area contributed by atoms with Crippen molar-refractivity contribution in [3.05, 3.63) is 66.1 Å². The first-order chi connectivity index (χ1) is 13.2. The van der Waals surface area contributed by atoms with E-state index >= 15 is 0 Å². The van der Waals surface area contributed by atoms with Crippen LogP contribution >= 0.6 is 0 Å². The average molecular weight is 364 g/mol. The highest BCUT2D eigenvalue weighted by molar-refractivity contribution is 5.91. The fraction of sp³-hybridized carbons (Fsp3) is 0.318. The quantitative estimate of drug-likeness (QED) is 0.747. The Morgan fingerprint density at radius 1 is 1.11 bits per heavy atom. The van der Waals surface area contributed by atoms with Gasteiger partial charge < -0.3 is 19.4 Å². The Balaban J connectivity index is 1.39. The van der Waals surface area contributed by atoms with Gasteiger partial charge in [-0.05, 0) is 61.0 Å². The van der Waals surface area contributed by atoms with Crippen molar-refractivity contribution in [1.29, 1.82) is 0 Å². The topological polar surface area (TPSA) is 54.7 Å². The van der Waals surface area contributed by atoms with E-state index in [9.17, 15) is 4.79 Å². The molecule has 1 saturated heterocycles. The largest absolute Gasteiger partial charge is 0.486 e. The van der Waals surface area contributed by atoms with E-state index in [4.69, 9.17) is 9.15 Å². The van der Waals surface area contributed by atoms with E-state index in [1.807, 2.05) is 43.4 Å². The van der Waals surface area contributed by atoms with Crippen molar-refractivity contribution in [2.75, 3.05) is 20.1 Å². The summed E-state index contributed by atoms with van der Waals surface area (Å²) < 4.78 is 11.6. The number of amides is 1. The van der Waals surface area contributed by atoms with Crippen LogP contribution in [0, 0.1) is 0 Å². The molecule has 1 aliphatic heterocycles. The molecule has 0 bridgehead atoms. The Labute approximate surface area is 158 Å². The molecule has 5 heteroatoms. The van der Waals surface area contributed by atoms with Gasteiger partial charge in [0.25, 0.3) is 5.91 Å². The lowest BCUT2D eigenvalue weighted by molar-refractivity contribution is 0.0667. The minimum absolute atomic E-state index is 0.0705. The highest BCUT2D eigenvalue weighted by Crippen LogP contribution is 2.22. The molecule has 0 aliphatic carbocycles. The first-order valence-corrected chi connectivity index (χ1v) is 9.39. The van der Waals surface area contributed by atoms with Crippen molar-refractivity contribution < 1.29 is 13.9 Å². The maximum atomic E-state index is 12.6. The van der Waals surface area contributed by atoms with E-state index in [-0.39, 0.29) is 11.9 Å². The van der Waals surface area contributed by atoms with Crippen molar-refractivity contribution in [3.63, 3.8) is 0 Å². The molecular formula is C22H24N2O3. The van der Waals surface area contributed by atoms with Crippen LogP contribution in [0.5, 0.6) is 5.75 Å². The molecule has 1 aromatic heterocycles. The van der Waals surface area contributed by atoms with E-state index < -0.39 is 0 Å². The summed E-state index contributed by atoms with van der Waals surface area (Å²) in [5.74, 6) is 1.72. The van der Waals surface area contributed by atoms with Gasteiger partial charge in [-0.2, -0.15) is 0 Å². The molecular weight excluding hydrogens is 340 g/mol. The van der Waals surface area contributed by atoms with Crippen LogP contribution in [0.2, 0.25) is 0 Å². The summed E-state index contributed by atoms with van der Waals surface area (Å²) in [4.78, 5) is 14.4. The Hall–Kier alpha value is -2.79. The third kappa shape index (κ3) is 3.98. The molecule has 140 valence electrons. The fourth-order valence-corrected chi connectivity index (χ4v) is 3.52. The van der Waals surface area contributed by atoms with Crippen molar-refractivity contribution in [1.82, 2.24) is 10.2 Å². The number of hydrogen-bond acceptors (Lipinski definition) is 4. The van der Waals surface area contributed by atoms with Crippen LogP contribution in [0.4, 0.5) is 0 Å². The molecule has 2 heterocycles. The molecule has 1 N–H and O–H groups in total. The minimum Gasteiger partial charge on any atom is -0.486 e. The molecule has 27 heavy (non-hydrogen) atoms. The zero-order valence-electron chi connectivity index (χ0n) is 15.5. The normalized spacial score (nSPS) is 15.0. The van der Waals surface area contributed by atoms with E-state index in [1.165, 1.54) is 5.39 Å². The molecule has 1 fully saturated rings. The van der Waals surface area contributed by atoms with E-state index in [0.29, 0.717) is 18.1 Å². The lowest BCUT2D eigenvalue weighted by Gasteiger charge is -2.31. The number of nitrogens with one attached hydrogen (secondary N) is 1. The molecule has 0 spiro atoms. The van der Waals surface area contributed by atoms with Crippen LogP contribution in [0.3, 0.4) is 0 Å². The molecule has 1 aliphatic rings. The van der Waals surface area contributed by atoms with Crippen LogP contribution < -0.4 is 10.1 Å². The van der Waals surface area contributed by atoms with Crippen LogP contribution in [0.25, 0.3) is 10.8 Å². The van der Waals surface area contributed by atoms with Gasteiger partial charge in [0.1, 0.15) is 18.1 Å². The Morgan fingerprint density at radius 2 is 1.89 bits per heavy atom. The van der Waals surface area contributed by atoms with Crippen LogP contribution in [0.1, 0.15) is 29.2 Å². The second kappa shape index (κ2) is 7.84. The van der Waals surface area contributed by atoms with Crippen molar-refractivity contribution in [2.24, 2.45) is 0 Å². The molecule has 0 unspecified atom stereocenters. The molecule has 0 atom stereocenters. The number of rotatable bonds is 5. The SMILES string of the molecule is CN(C(=O)c1ccc(COc2ccc3ccccc3c2)o1)C1CCNCC1. The lowest BCUT2D eigenvalue weighted by atomic mass is 10.1. The minimum atomic E-state index is -0.0705. The van der Waals surface area contributed by atoms with Crippen LogP contribution in [-0.4, -0.2) is 37.0 Å². The van der Waals surface area contributed by atoms with Gasteiger partial charge in [-0.15, -0.1) is 0 Å². The second-order valence-electron chi connectivity index (χ2n) is 6.96. The predicted molar refractivity (Wildman–Crippen MR) is 105 cm³/mol. The molecule has 1 amide bonds. The molecule has 4 rings (SSSR count). The van der Waals surface area contributed by atoms with Crippen molar-refractivity contribution >= 4 is 16.7 Å². The number of carbonyl (C=O) groups excluding carboxylic acids is 1. The maximum absolute atomic E-state index is 12.6. The smallest absolute Gasteiger partial charge is 0.289 e. The van der Waals surface area contributed by atoms with Gasteiger partial charge >= 0.3 is 0 Å². The number of benzene rings is 2. The Morgan fingerprint density at radius 3 is 2.70 bits per heavy atom. The van der Waals surface area contributed by atoms with Gasteiger partial charge in [-0.25, -0.2) is 0 Å². The summed E-state index contributed by atoms with van der Waals surface area (Å²) in [6, 6.07) is 18.0. The lowest BCUT2D eigenvalue weighted by Crippen LogP contribution is -2.43. The first kappa shape index (κ1) is 17.6. The number of furan rings is 1. The first-order valence-electron chi connectivity index (χ1n) is 9.39. The zero-order valence-corrected chi connectivity index (χ0v) is 15.5. The molecule has 5 nitrogen and oxygen atoms in total. The number of carbonyl (C=O) groups is 1. The molecule has 0 saturated carbocycles. The third-order valence-electron chi connectivity index (χ3n) is 5.15. The van der Waals surface area contributed by atoms with Crippen LogP contribution in [-0.2, 0) is 6.61 Å². The summed E-state index contributed by atoms with van der Waals surface area (Å²) in [7, 11) is 1.85. The fourth-order valence-electron chi connectivity index (χ4n) is 3.52. The number of nitrogens with zero attached hydrogens (tertiary/aromatic N) is 1. The Kier molecular flexibility index (Phi) is 5.12. The summed E-state index contributed by atoms with van der Waals surface area (Å²) in [6.07, 6.45) is 1.95. The summed E-state index contributed by atoms with van der Waals surface area (Å²) in [5, 5.41) is 5.63. The maximum Gasteiger partial charge on any atom is 0.289 e. The predicted octanol–water partition coefficient (Wildman–Crippen LogP) is 3.84. The zero-order chi connectivity index (χ0) is 18.6. The van der Waals surface area contributed by atoms with Crippen LogP contribution in [0.15, 0.2) is 59.0 Å². The number of ether oxygens (including phenoxy) is 1. The second-order valence-corrected chi connectivity index (χ2v) is 6.96.